The minimum absolute atomic E-state index is 0.748. The molecule has 1 aromatic rings. The maximum absolute atomic E-state index is 3.69. The molecule has 1 saturated carbocycles. The second kappa shape index (κ2) is 5.65. The van der Waals surface area contributed by atoms with Crippen LogP contribution in [0.3, 0.4) is 0 Å². The van der Waals surface area contributed by atoms with Gasteiger partial charge in [0.05, 0.1) is 0 Å². The average molecular weight is 302 g/mol. The molecule has 0 unspecified atom stereocenters. The van der Waals surface area contributed by atoms with E-state index in [4.69, 9.17) is 0 Å². The van der Waals surface area contributed by atoms with Gasteiger partial charge >= 0.3 is 0 Å². The number of hydrogen-bond acceptors (Lipinski definition) is 2. The van der Waals surface area contributed by atoms with Crippen LogP contribution in [0.1, 0.15) is 42.4 Å². The highest BCUT2D eigenvalue weighted by Gasteiger charge is 2.17. The molecule has 1 fully saturated rings. The lowest BCUT2D eigenvalue weighted by molar-refractivity contribution is 0.307. The average Bonchev–Trinajstić information content (AvgIpc) is 2.58. The van der Waals surface area contributed by atoms with Gasteiger partial charge in [-0.2, -0.15) is 0 Å². The number of thiophene rings is 1. The zero-order chi connectivity index (χ0) is 11.5. The van der Waals surface area contributed by atoms with Crippen molar-refractivity contribution in [3.05, 3.63) is 20.3 Å². The SMILES string of the molecule is Cc1sc(CNC2CCC(C)CC2)cc1Br. The highest BCUT2D eigenvalue weighted by Crippen LogP contribution is 2.27. The van der Waals surface area contributed by atoms with Crippen molar-refractivity contribution in [3.8, 4) is 0 Å². The molecule has 0 radical (unpaired) electrons. The van der Waals surface area contributed by atoms with Gasteiger partial charge in [-0.1, -0.05) is 6.92 Å². The molecule has 1 heterocycles. The Bertz CT molecular complexity index is 320. The summed E-state index contributed by atoms with van der Waals surface area (Å²) >= 11 is 5.47. The predicted molar refractivity (Wildman–Crippen MR) is 75.0 cm³/mol. The zero-order valence-corrected chi connectivity index (χ0v) is 12.5. The molecule has 3 heteroatoms. The lowest BCUT2D eigenvalue weighted by atomic mass is 9.87. The van der Waals surface area contributed by atoms with Crippen LogP contribution in [-0.2, 0) is 6.54 Å². The second-order valence-electron chi connectivity index (χ2n) is 4.95. The van der Waals surface area contributed by atoms with Gasteiger partial charge in [-0.15, -0.1) is 11.3 Å². The van der Waals surface area contributed by atoms with Crippen molar-refractivity contribution in [3.63, 3.8) is 0 Å². The highest BCUT2D eigenvalue weighted by molar-refractivity contribution is 9.10. The van der Waals surface area contributed by atoms with Crippen LogP contribution in [0.25, 0.3) is 0 Å². The van der Waals surface area contributed by atoms with Crippen LogP contribution in [0.5, 0.6) is 0 Å². The maximum Gasteiger partial charge on any atom is 0.0314 e. The summed E-state index contributed by atoms with van der Waals surface area (Å²) in [7, 11) is 0. The molecule has 0 spiro atoms. The zero-order valence-electron chi connectivity index (χ0n) is 10.1. The van der Waals surface area contributed by atoms with Gasteiger partial charge in [0.2, 0.25) is 0 Å². The van der Waals surface area contributed by atoms with E-state index < -0.39 is 0 Å². The second-order valence-corrected chi connectivity index (χ2v) is 7.15. The summed E-state index contributed by atoms with van der Waals surface area (Å²) in [4.78, 5) is 2.83. The van der Waals surface area contributed by atoms with Crippen LogP contribution in [-0.4, -0.2) is 6.04 Å². The molecule has 0 saturated heterocycles. The Kier molecular flexibility index (Phi) is 4.45. The summed E-state index contributed by atoms with van der Waals surface area (Å²) in [5, 5.41) is 3.69. The van der Waals surface area contributed by atoms with Gasteiger partial charge in [-0.3, -0.25) is 0 Å². The molecule has 0 amide bonds. The normalized spacial score (nSPS) is 25.9. The van der Waals surface area contributed by atoms with E-state index in [0.717, 1.165) is 18.5 Å². The Morgan fingerprint density at radius 1 is 1.38 bits per heavy atom. The summed E-state index contributed by atoms with van der Waals surface area (Å²) in [5.74, 6) is 0.941. The fourth-order valence-electron chi connectivity index (χ4n) is 2.31. The molecule has 0 bridgehead atoms. The van der Waals surface area contributed by atoms with E-state index in [1.54, 1.807) is 0 Å². The molecular weight excluding hydrogens is 282 g/mol. The van der Waals surface area contributed by atoms with E-state index >= 15 is 0 Å². The quantitative estimate of drug-likeness (QED) is 0.867. The lowest BCUT2D eigenvalue weighted by Crippen LogP contribution is -2.31. The van der Waals surface area contributed by atoms with Gasteiger partial charge < -0.3 is 5.32 Å². The van der Waals surface area contributed by atoms with Crippen molar-refractivity contribution >= 4 is 27.3 Å². The van der Waals surface area contributed by atoms with Gasteiger partial charge in [0.15, 0.2) is 0 Å². The van der Waals surface area contributed by atoms with E-state index in [2.05, 4.69) is 41.2 Å². The smallest absolute Gasteiger partial charge is 0.0314 e. The molecule has 16 heavy (non-hydrogen) atoms. The van der Waals surface area contributed by atoms with Crippen molar-refractivity contribution in [1.29, 1.82) is 0 Å². The summed E-state index contributed by atoms with van der Waals surface area (Å²) in [6.07, 6.45) is 5.50. The van der Waals surface area contributed by atoms with Crippen molar-refractivity contribution < 1.29 is 0 Å². The first-order valence-corrected chi connectivity index (χ1v) is 7.74. The van der Waals surface area contributed by atoms with E-state index in [1.807, 2.05) is 11.3 Å². The Hall–Kier alpha value is 0.140. The fraction of sp³-hybridized carbons (Fsp3) is 0.692. The van der Waals surface area contributed by atoms with Crippen LogP contribution in [0, 0.1) is 12.8 Å². The molecule has 1 aliphatic rings. The van der Waals surface area contributed by atoms with Gasteiger partial charge in [0, 0.05) is 26.8 Å². The Labute approximate surface area is 111 Å². The molecule has 0 aromatic carbocycles. The number of aryl methyl sites for hydroxylation is 1. The van der Waals surface area contributed by atoms with Crippen LogP contribution in [0.2, 0.25) is 0 Å². The molecule has 1 N–H and O–H groups in total. The third-order valence-electron chi connectivity index (χ3n) is 3.49. The molecule has 0 aliphatic heterocycles. The topological polar surface area (TPSA) is 12.0 Å². The van der Waals surface area contributed by atoms with Gasteiger partial charge in [0.25, 0.3) is 0 Å². The maximum atomic E-state index is 3.69. The Morgan fingerprint density at radius 3 is 2.62 bits per heavy atom. The van der Waals surface area contributed by atoms with Crippen LogP contribution < -0.4 is 5.32 Å². The fourth-order valence-corrected chi connectivity index (χ4v) is 3.87. The van der Waals surface area contributed by atoms with Crippen molar-refractivity contribution in [1.82, 2.24) is 5.32 Å². The van der Waals surface area contributed by atoms with Gasteiger partial charge in [0.1, 0.15) is 0 Å². The molecule has 2 rings (SSSR count). The first-order chi connectivity index (χ1) is 7.65. The van der Waals surface area contributed by atoms with E-state index in [1.165, 1.54) is 39.9 Å². The number of nitrogens with one attached hydrogen (secondary N) is 1. The Balaban J connectivity index is 1.79. The number of hydrogen-bond donors (Lipinski definition) is 1. The van der Waals surface area contributed by atoms with Crippen molar-refractivity contribution in [2.24, 2.45) is 5.92 Å². The Morgan fingerprint density at radius 2 is 2.06 bits per heavy atom. The molecule has 1 nitrogen and oxygen atoms in total. The first kappa shape index (κ1) is 12.6. The summed E-state index contributed by atoms with van der Waals surface area (Å²) in [6, 6.07) is 3.00. The van der Waals surface area contributed by atoms with Gasteiger partial charge in [-0.25, -0.2) is 0 Å². The minimum atomic E-state index is 0.748. The molecular formula is C13H20BrNS. The number of halogens is 1. The lowest BCUT2D eigenvalue weighted by Gasteiger charge is -2.26. The van der Waals surface area contributed by atoms with Crippen molar-refractivity contribution in [2.75, 3.05) is 0 Å². The largest absolute Gasteiger partial charge is 0.309 e. The standard InChI is InChI=1S/C13H20BrNS/c1-9-3-5-11(6-4-9)15-8-12-7-13(14)10(2)16-12/h7,9,11,15H,3-6,8H2,1-2H3. The highest BCUT2D eigenvalue weighted by atomic mass is 79.9. The third-order valence-corrected chi connectivity index (χ3v) is 5.63. The van der Waals surface area contributed by atoms with E-state index in [9.17, 15) is 0 Å². The third kappa shape index (κ3) is 3.31. The van der Waals surface area contributed by atoms with Crippen LogP contribution >= 0.6 is 27.3 Å². The van der Waals surface area contributed by atoms with E-state index in [0.29, 0.717) is 0 Å². The molecule has 1 aliphatic carbocycles. The van der Waals surface area contributed by atoms with Crippen LogP contribution in [0.15, 0.2) is 10.5 Å². The summed E-state index contributed by atoms with van der Waals surface area (Å²) in [5.41, 5.74) is 0. The summed E-state index contributed by atoms with van der Waals surface area (Å²) < 4.78 is 1.26. The molecule has 1 aromatic heterocycles. The molecule has 0 atom stereocenters. The van der Waals surface area contributed by atoms with Crippen molar-refractivity contribution in [2.45, 2.75) is 52.1 Å². The van der Waals surface area contributed by atoms with Crippen LogP contribution in [0.4, 0.5) is 0 Å². The predicted octanol–water partition coefficient (Wildman–Crippen LogP) is 4.49. The summed E-state index contributed by atoms with van der Waals surface area (Å²) in [6.45, 7) is 5.58. The van der Waals surface area contributed by atoms with Gasteiger partial charge in [-0.05, 0) is 60.5 Å². The van der Waals surface area contributed by atoms with E-state index in [-0.39, 0.29) is 0 Å². The monoisotopic (exact) mass is 301 g/mol. The minimum Gasteiger partial charge on any atom is -0.309 e. The molecule has 90 valence electrons. The first-order valence-electron chi connectivity index (χ1n) is 6.13. The number of rotatable bonds is 3.